The fourth-order valence-corrected chi connectivity index (χ4v) is 2.05. The van der Waals surface area contributed by atoms with Gasteiger partial charge in [0.05, 0.1) is 13.2 Å². The Bertz CT molecular complexity index is 551. The second-order valence-corrected chi connectivity index (χ2v) is 5.44. The molecular weight excluding hydrogens is 290 g/mol. The number of amides is 2. The van der Waals surface area contributed by atoms with Crippen LogP contribution in [-0.4, -0.2) is 58.3 Å². The van der Waals surface area contributed by atoms with Crippen molar-refractivity contribution in [2.45, 2.75) is 25.8 Å². The number of hydrazine groups is 1. The van der Waals surface area contributed by atoms with Crippen molar-refractivity contribution < 1.29 is 14.3 Å². The largest absolute Gasteiger partial charge is 0.378 e. The van der Waals surface area contributed by atoms with Gasteiger partial charge >= 0.3 is 0 Å². The molecule has 22 heavy (non-hydrogen) atoms. The van der Waals surface area contributed by atoms with Crippen LogP contribution in [-0.2, 0) is 14.3 Å². The molecule has 1 aliphatic carbocycles. The number of morpholine rings is 1. The number of nitrogens with one attached hydrogen (secondary N) is 2. The van der Waals surface area contributed by atoms with Crippen molar-refractivity contribution in [1.29, 1.82) is 0 Å². The maximum absolute atomic E-state index is 12.0. The van der Waals surface area contributed by atoms with Gasteiger partial charge in [-0.2, -0.15) is 0 Å². The quantitative estimate of drug-likeness (QED) is 0.659. The van der Waals surface area contributed by atoms with Gasteiger partial charge in [0.2, 0.25) is 5.91 Å². The molecule has 0 bridgehead atoms. The predicted octanol–water partition coefficient (Wildman–Crippen LogP) is -1.37. The summed E-state index contributed by atoms with van der Waals surface area (Å²) in [7, 11) is 0. The molecule has 0 radical (unpaired) electrons. The molecule has 1 unspecified atom stereocenters. The molecule has 1 saturated carbocycles. The maximum Gasteiger partial charge on any atom is 0.266 e. The van der Waals surface area contributed by atoms with Crippen molar-refractivity contribution in [3.8, 4) is 0 Å². The third-order valence-corrected chi connectivity index (χ3v) is 3.69. The summed E-state index contributed by atoms with van der Waals surface area (Å²) in [6.45, 7) is 4.28. The SMILES string of the molecule is CC(C(=O)NNC(=O)C1CC1)n1nnc(N2CCOCC2)n1. The summed E-state index contributed by atoms with van der Waals surface area (Å²) in [5.41, 5.74) is 4.80. The summed E-state index contributed by atoms with van der Waals surface area (Å²) >= 11 is 0. The van der Waals surface area contributed by atoms with Gasteiger partial charge in [-0.1, -0.05) is 5.10 Å². The lowest BCUT2D eigenvalue weighted by Crippen LogP contribution is -2.45. The molecule has 2 N–H and O–H groups in total. The molecule has 10 nitrogen and oxygen atoms in total. The average Bonchev–Trinajstić information content (AvgIpc) is 3.29. The zero-order valence-electron chi connectivity index (χ0n) is 12.4. The summed E-state index contributed by atoms with van der Waals surface area (Å²) in [4.78, 5) is 26.7. The molecule has 1 aromatic rings. The number of tetrazole rings is 1. The summed E-state index contributed by atoms with van der Waals surface area (Å²) in [6.07, 6.45) is 1.76. The van der Waals surface area contributed by atoms with Gasteiger partial charge in [-0.15, -0.1) is 9.90 Å². The van der Waals surface area contributed by atoms with Gasteiger partial charge in [0.15, 0.2) is 6.04 Å². The van der Waals surface area contributed by atoms with Crippen LogP contribution in [0.2, 0.25) is 0 Å². The zero-order valence-corrected chi connectivity index (χ0v) is 12.4. The predicted molar refractivity (Wildman–Crippen MR) is 74.6 cm³/mol. The lowest BCUT2D eigenvalue weighted by Gasteiger charge is -2.24. The molecule has 3 rings (SSSR count). The highest BCUT2D eigenvalue weighted by molar-refractivity contribution is 5.85. The molecule has 0 spiro atoms. The number of hydrogen-bond donors (Lipinski definition) is 2. The van der Waals surface area contributed by atoms with E-state index in [2.05, 4.69) is 26.3 Å². The van der Waals surface area contributed by atoms with E-state index in [-0.39, 0.29) is 17.7 Å². The molecule has 1 saturated heterocycles. The van der Waals surface area contributed by atoms with Gasteiger partial charge in [-0.25, -0.2) is 0 Å². The normalized spacial score (nSPS) is 19.6. The summed E-state index contributed by atoms with van der Waals surface area (Å²) in [5, 5.41) is 12.1. The van der Waals surface area contributed by atoms with Crippen molar-refractivity contribution in [2.24, 2.45) is 5.92 Å². The van der Waals surface area contributed by atoms with Gasteiger partial charge in [0.25, 0.3) is 11.9 Å². The Morgan fingerprint density at radius 2 is 2.00 bits per heavy atom. The number of anilines is 1. The molecule has 2 heterocycles. The van der Waals surface area contributed by atoms with Gasteiger partial charge < -0.3 is 9.64 Å². The highest BCUT2D eigenvalue weighted by atomic mass is 16.5. The van der Waals surface area contributed by atoms with Crippen LogP contribution in [0.5, 0.6) is 0 Å². The Morgan fingerprint density at radius 1 is 1.27 bits per heavy atom. The molecule has 2 aliphatic rings. The second kappa shape index (κ2) is 6.26. The number of carbonyl (C=O) groups excluding carboxylic acids is 2. The lowest BCUT2D eigenvalue weighted by atomic mass is 10.3. The Kier molecular flexibility index (Phi) is 4.18. The standard InChI is InChI=1S/C12H19N7O3/c1-8(10(20)13-14-11(21)9-2-3-9)19-16-12(15-17-19)18-4-6-22-7-5-18/h8-9H,2-7H2,1H3,(H,13,20)(H,14,21). The third-order valence-electron chi connectivity index (χ3n) is 3.69. The Morgan fingerprint density at radius 3 is 2.68 bits per heavy atom. The smallest absolute Gasteiger partial charge is 0.266 e. The van der Waals surface area contributed by atoms with Crippen LogP contribution >= 0.6 is 0 Å². The van der Waals surface area contributed by atoms with Crippen LogP contribution in [0.25, 0.3) is 0 Å². The average molecular weight is 309 g/mol. The van der Waals surface area contributed by atoms with E-state index in [1.165, 1.54) is 4.80 Å². The second-order valence-electron chi connectivity index (χ2n) is 5.44. The van der Waals surface area contributed by atoms with E-state index in [0.717, 1.165) is 12.8 Å². The van der Waals surface area contributed by atoms with Crippen molar-refractivity contribution in [1.82, 2.24) is 31.1 Å². The van der Waals surface area contributed by atoms with Crippen molar-refractivity contribution in [3.63, 3.8) is 0 Å². The van der Waals surface area contributed by atoms with Crippen LogP contribution in [0.15, 0.2) is 0 Å². The molecular formula is C12H19N7O3. The molecule has 120 valence electrons. The van der Waals surface area contributed by atoms with Gasteiger partial charge in [-0.3, -0.25) is 20.4 Å². The van der Waals surface area contributed by atoms with E-state index >= 15 is 0 Å². The first kappa shape index (κ1) is 14.7. The first-order chi connectivity index (χ1) is 10.6. The number of carbonyl (C=O) groups is 2. The minimum atomic E-state index is -0.665. The van der Waals surface area contributed by atoms with Gasteiger partial charge in [0.1, 0.15) is 0 Å². The highest BCUT2D eigenvalue weighted by Crippen LogP contribution is 2.28. The van der Waals surface area contributed by atoms with Crippen molar-refractivity contribution >= 4 is 17.8 Å². The number of aromatic nitrogens is 4. The molecule has 0 aromatic carbocycles. The molecule has 10 heteroatoms. The van der Waals surface area contributed by atoms with Crippen LogP contribution in [0, 0.1) is 5.92 Å². The van der Waals surface area contributed by atoms with Gasteiger partial charge in [-0.05, 0) is 25.0 Å². The first-order valence-corrected chi connectivity index (χ1v) is 7.37. The Hall–Kier alpha value is -2.23. The zero-order chi connectivity index (χ0) is 15.5. The van der Waals surface area contributed by atoms with E-state index in [4.69, 9.17) is 4.74 Å². The van der Waals surface area contributed by atoms with Crippen molar-refractivity contribution in [2.75, 3.05) is 31.2 Å². The monoisotopic (exact) mass is 309 g/mol. The van der Waals surface area contributed by atoms with Crippen LogP contribution in [0.4, 0.5) is 5.95 Å². The number of ether oxygens (including phenoxy) is 1. The van der Waals surface area contributed by atoms with E-state index in [1.807, 2.05) is 4.90 Å². The summed E-state index contributed by atoms with van der Waals surface area (Å²) in [5.74, 6) is -0.0287. The molecule has 1 aromatic heterocycles. The Balaban J connectivity index is 1.54. The van der Waals surface area contributed by atoms with E-state index in [9.17, 15) is 9.59 Å². The minimum Gasteiger partial charge on any atom is -0.378 e. The van der Waals surface area contributed by atoms with E-state index < -0.39 is 6.04 Å². The molecule has 1 atom stereocenters. The highest BCUT2D eigenvalue weighted by Gasteiger charge is 2.30. The van der Waals surface area contributed by atoms with Crippen LogP contribution in [0.1, 0.15) is 25.8 Å². The van der Waals surface area contributed by atoms with E-state index in [0.29, 0.717) is 32.3 Å². The molecule has 2 fully saturated rings. The molecule has 1 aliphatic heterocycles. The fraction of sp³-hybridized carbons (Fsp3) is 0.750. The number of hydrogen-bond acceptors (Lipinski definition) is 7. The van der Waals surface area contributed by atoms with Gasteiger partial charge in [0, 0.05) is 19.0 Å². The number of rotatable bonds is 4. The van der Waals surface area contributed by atoms with Crippen LogP contribution < -0.4 is 15.8 Å². The fourth-order valence-electron chi connectivity index (χ4n) is 2.05. The van der Waals surface area contributed by atoms with E-state index in [1.54, 1.807) is 6.92 Å². The van der Waals surface area contributed by atoms with Crippen molar-refractivity contribution in [3.05, 3.63) is 0 Å². The summed E-state index contributed by atoms with van der Waals surface area (Å²) in [6, 6.07) is -0.665. The summed E-state index contributed by atoms with van der Waals surface area (Å²) < 4.78 is 5.26. The number of nitrogens with zero attached hydrogens (tertiary/aromatic N) is 5. The first-order valence-electron chi connectivity index (χ1n) is 7.37. The maximum atomic E-state index is 12.0. The topological polar surface area (TPSA) is 114 Å². The van der Waals surface area contributed by atoms with Crippen LogP contribution in [0.3, 0.4) is 0 Å². The Labute approximate surface area is 127 Å². The molecule has 2 amide bonds. The third kappa shape index (κ3) is 3.32. The lowest BCUT2D eigenvalue weighted by molar-refractivity contribution is -0.131. The minimum absolute atomic E-state index is 0.0352.